The van der Waals surface area contributed by atoms with Crippen LogP contribution in [-0.4, -0.2) is 28.5 Å². The summed E-state index contributed by atoms with van der Waals surface area (Å²) in [6.07, 6.45) is 0.982. The molecule has 0 radical (unpaired) electrons. The van der Waals surface area contributed by atoms with E-state index in [4.69, 9.17) is 18.0 Å². The van der Waals surface area contributed by atoms with Crippen molar-refractivity contribution in [2.75, 3.05) is 6.54 Å². The van der Waals surface area contributed by atoms with Crippen LogP contribution in [0.4, 0.5) is 0 Å². The molecule has 19 heavy (non-hydrogen) atoms. The third-order valence-corrected chi connectivity index (χ3v) is 3.83. The molecule has 1 atom stereocenters. The monoisotopic (exact) mass is 278 g/mol. The SMILES string of the molecule is CC(C)N(CCC(C(N)=S)c1ccccc1)C(C)C. The first kappa shape index (κ1) is 16.1. The number of nitrogens with zero attached hydrogens (tertiary/aromatic N) is 1. The third-order valence-electron chi connectivity index (χ3n) is 3.55. The lowest BCUT2D eigenvalue weighted by Gasteiger charge is -2.32. The summed E-state index contributed by atoms with van der Waals surface area (Å²) in [6, 6.07) is 11.4. The van der Waals surface area contributed by atoms with Gasteiger partial charge < -0.3 is 5.73 Å². The molecule has 0 fully saturated rings. The van der Waals surface area contributed by atoms with E-state index < -0.39 is 0 Å². The van der Waals surface area contributed by atoms with E-state index in [9.17, 15) is 0 Å². The van der Waals surface area contributed by atoms with Gasteiger partial charge in [0.1, 0.15) is 0 Å². The molecule has 0 aliphatic rings. The van der Waals surface area contributed by atoms with Crippen LogP contribution in [0.25, 0.3) is 0 Å². The van der Waals surface area contributed by atoms with Crippen LogP contribution in [0.1, 0.15) is 45.6 Å². The highest BCUT2D eigenvalue weighted by Crippen LogP contribution is 2.21. The van der Waals surface area contributed by atoms with Crippen LogP contribution in [0.15, 0.2) is 30.3 Å². The fraction of sp³-hybridized carbons (Fsp3) is 0.562. The van der Waals surface area contributed by atoms with Gasteiger partial charge in [-0.05, 0) is 46.2 Å². The van der Waals surface area contributed by atoms with Gasteiger partial charge in [-0.1, -0.05) is 42.5 Å². The first-order valence-electron chi connectivity index (χ1n) is 7.03. The Kier molecular flexibility index (Phi) is 6.46. The van der Waals surface area contributed by atoms with Crippen molar-refractivity contribution in [2.24, 2.45) is 5.73 Å². The Morgan fingerprint density at radius 2 is 1.63 bits per heavy atom. The van der Waals surface area contributed by atoms with Gasteiger partial charge in [-0.2, -0.15) is 0 Å². The number of nitrogens with two attached hydrogens (primary N) is 1. The Morgan fingerprint density at radius 3 is 2.05 bits per heavy atom. The van der Waals surface area contributed by atoms with Gasteiger partial charge >= 0.3 is 0 Å². The lowest BCUT2D eigenvalue weighted by atomic mass is 9.95. The minimum atomic E-state index is 0.177. The molecule has 1 unspecified atom stereocenters. The molecule has 0 heterocycles. The molecule has 0 bridgehead atoms. The van der Waals surface area contributed by atoms with Gasteiger partial charge in [0.25, 0.3) is 0 Å². The highest BCUT2D eigenvalue weighted by Gasteiger charge is 2.19. The zero-order valence-corrected chi connectivity index (χ0v) is 13.3. The van der Waals surface area contributed by atoms with Gasteiger partial charge in [0.05, 0.1) is 4.99 Å². The maximum Gasteiger partial charge on any atom is 0.0803 e. The Labute approximate surface area is 123 Å². The second-order valence-corrected chi connectivity index (χ2v) is 6.05. The van der Waals surface area contributed by atoms with Gasteiger partial charge in [0, 0.05) is 18.0 Å². The van der Waals surface area contributed by atoms with Crippen molar-refractivity contribution in [1.29, 1.82) is 0 Å². The van der Waals surface area contributed by atoms with Crippen molar-refractivity contribution in [3.8, 4) is 0 Å². The fourth-order valence-electron chi connectivity index (χ4n) is 2.55. The standard InChI is InChI=1S/C16H26N2S/c1-12(2)18(13(3)4)11-10-15(16(17)19)14-8-6-5-7-9-14/h5-9,12-13,15H,10-11H2,1-4H3,(H2,17,19). The maximum atomic E-state index is 5.92. The number of benzene rings is 1. The van der Waals surface area contributed by atoms with Gasteiger partial charge in [-0.25, -0.2) is 0 Å². The van der Waals surface area contributed by atoms with E-state index in [-0.39, 0.29) is 5.92 Å². The predicted molar refractivity (Wildman–Crippen MR) is 87.6 cm³/mol. The summed E-state index contributed by atoms with van der Waals surface area (Å²) >= 11 is 5.24. The lowest BCUT2D eigenvalue weighted by Crippen LogP contribution is -2.39. The first-order valence-corrected chi connectivity index (χ1v) is 7.44. The molecule has 106 valence electrons. The molecule has 1 aromatic rings. The first-order chi connectivity index (χ1) is 8.93. The van der Waals surface area contributed by atoms with Crippen LogP contribution in [0.3, 0.4) is 0 Å². The van der Waals surface area contributed by atoms with Gasteiger partial charge in [-0.3, -0.25) is 4.90 Å². The Balaban J connectivity index is 2.73. The molecule has 0 saturated carbocycles. The summed E-state index contributed by atoms with van der Waals surface area (Å²) in [5.41, 5.74) is 7.14. The van der Waals surface area contributed by atoms with Crippen LogP contribution in [0, 0.1) is 0 Å². The molecule has 0 aliphatic heterocycles. The normalized spacial score (nSPS) is 13.2. The Hall–Kier alpha value is -0.930. The summed E-state index contributed by atoms with van der Waals surface area (Å²) in [7, 11) is 0. The highest BCUT2D eigenvalue weighted by atomic mass is 32.1. The number of thiocarbonyl (C=S) groups is 1. The molecule has 0 amide bonds. The molecule has 2 nitrogen and oxygen atoms in total. The minimum Gasteiger partial charge on any atom is -0.393 e. The van der Waals surface area contributed by atoms with Crippen LogP contribution in [0.2, 0.25) is 0 Å². The van der Waals surface area contributed by atoms with Crippen molar-refractivity contribution < 1.29 is 0 Å². The largest absolute Gasteiger partial charge is 0.393 e. The topological polar surface area (TPSA) is 29.3 Å². The van der Waals surface area contributed by atoms with E-state index in [0.717, 1.165) is 13.0 Å². The van der Waals surface area contributed by atoms with Gasteiger partial charge in [0.15, 0.2) is 0 Å². The van der Waals surface area contributed by atoms with Crippen LogP contribution in [-0.2, 0) is 0 Å². The average Bonchev–Trinajstić information content (AvgIpc) is 2.34. The van der Waals surface area contributed by atoms with E-state index in [1.807, 2.05) is 18.2 Å². The van der Waals surface area contributed by atoms with E-state index in [1.165, 1.54) is 5.56 Å². The smallest absolute Gasteiger partial charge is 0.0803 e. The molecular weight excluding hydrogens is 252 g/mol. The predicted octanol–water partition coefficient (Wildman–Crippen LogP) is 3.57. The van der Waals surface area contributed by atoms with E-state index in [0.29, 0.717) is 17.1 Å². The quantitative estimate of drug-likeness (QED) is 0.773. The maximum absolute atomic E-state index is 5.92. The Morgan fingerprint density at radius 1 is 1.11 bits per heavy atom. The molecule has 0 spiro atoms. The number of hydrogen-bond donors (Lipinski definition) is 1. The fourth-order valence-corrected chi connectivity index (χ4v) is 2.80. The van der Waals surface area contributed by atoms with E-state index in [2.05, 4.69) is 44.7 Å². The number of hydrogen-bond acceptors (Lipinski definition) is 2. The molecule has 2 N–H and O–H groups in total. The number of rotatable bonds is 7. The second-order valence-electron chi connectivity index (χ2n) is 5.58. The highest BCUT2D eigenvalue weighted by molar-refractivity contribution is 7.80. The van der Waals surface area contributed by atoms with Crippen molar-refractivity contribution in [1.82, 2.24) is 4.90 Å². The molecule has 0 saturated heterocycles. The zero-order chi connectivity index (χ0) is 14.4. The van der Waals surface area contributed by atoms with Crippen LogP contribution >= 0.6 is 12.2 Å². The molecule has 1 rings (SSSR count). The third kappa shape index (κ3) is 4.92. The molecular formula is C16H26N2S. The second kappa shape index (κ2) is 7.61. The van der Waals surface area contributed by atoms with Crippen molar-refractivity contribution in [3.05, 3.63) is 35.9 Å². The van der Waals surface area contributed by atoms with Crippen molar-refractivity contribution >= 4 is 17.2 Å². The summed E-state index contributed by atoms with van der Waals surface area (Å²) in [4.78, 5) is 3.08. The average molecular weight is 278 g/mol. The molecule has 3 heteroatoms. The van der Waals surface area contributed by atoms with Gasteiger partial charge in [-0.15, -0.1) is 0 Å². The van der Waals surface area contributed by atoms with Crippen molar-refractivity contribution in [3.63, 3.8) is 0 Å². The van der Waals surface area contributed by atoms with Gasteiger partial charge in [0.2, 0.25) is 0 Å². The lowest BCUT2D eigenvalue weighted by molar-refractivity contribution is 0.172. The van der Waals surface area contributed by atoms with E-state index >= 15 is 0 Å². The Bertz CT molecular complexity index is 379. The summed E-state index contributed by atoms with van der Waals surface area (Å²) < 4.78 is 0. The molecule has 1 aromatic carbocycles. The van der Waals surface area contributed by atoms with Crippen molar-refractivity contribution in [2.45, 2.75) is 52.1 Å². The zero-order valence-electron chi connectivity index (χ0n) is 12.5. The molecule has 0 aliphatic carbocycles. The summed E-state index contributed by atoms with van der Waals surface area (Å²) in [5, 5.41) is 0. The van der Waals surface area contributed by atoms with Crippen LogP contribution in [0.5, 0.6) is 0 Å². The summed E-state index contributed by atoms with van der Waals surface area (Å²) in [5.74, 6) is 0.177. The summed E-state index contributed by atoms with van der Waals surface area (Å²) in [6.45, 7) is 9.96. The molecule has 0 aromatic heterocycles. The van der Waals surface area contributed by atoms with E-state index in [1.54, 1.807) is 0 Å². The van der Waals surface area contributed by atoms with Crippen LogP contribution < -0.4 is 5.73 Å². The minimum absolute atomic E-state index is 0.177.